The molecule has 0 unspecified atom stereocenters. The fourth-order valence-electron chi connectivity index (χ4n) is 1.94. The minimum atomic E-state index is 0. The smallest absolute Gasteiger partial charge is 0.223 e. The monoisotopic (exact) mass is 486 g/mol. The molecule has 0 aliphatic carbocycles. The highest BCUT2D eigenvalue weighted by Crippen LogP contribution is 2.21. The van der Waals surface area contributed by atoms with E-state index in [0.29, 0.717) is 29.0 Å². The van der Waals surface area contributed by atoms with Crippen molar-refractivity contribution < 1.29 is 4.79 Å². The lowest BCUT2D eigenvalue weighted by molar-refractivity contribution is -0.128. The van der Waals surface area contributed by atoms with Crippen LogP contribution in [0.15, 0.2) is 23.2 Å². The number of halogens is 3. The van der Waals surface area contributed by atoms with Crippen LogP contribution in [0.3, 0.4) is 0 Å². The highest BCUT2D eigenvalue weighted by molar-refractivity contribution is 14.0. The Balaban J connectivity index is 0.00000529. The molecule has 1 aromatic rings. The highest BCUT2D eigenvalue weighted by atomic mass is 127. The summed E-state index contributed by atoms with van der Waals surface area (Å²) in [6.07, 6.45) is 2.21. The van der Waals surface area contributed by atoms with Gasteiger partial charge in [-0.3, -0.25) is 9.79 Å². The predicted molar refractivity (Wildman–Crippen MR) is 113 cm³/mol. The fourth-order valence-corrected chi connectivity index (χ4v) is 2.45. The Morgan fingerprint density at radius 2 is 1.88 bits per heavy atom. The number of hydrogen-bond acceptors (Lipinski definition) is 2. The molecule has 0 atom stereocenters. The average molecular weight is 487 g/mol. The normalized spacial score (nSPS) is 10.8. The number of aliphatic imine (C=N–C) groups is 1. The number of aryl methyl sites for hydroxylation is 1. The van der Waals surface area contributed by atoms with E-state index in [1.807, 2.05) is 12.1 Å². The third-order valence-corrected chi connectivity index (χ3v) is 3.87. The van der Waals surface area contributed by atoms with Crippen LogP contribution in [-0.4, -0.2) is 51.0 Å². The predicted octanol–water partition coefficient (Wildman–Crippen LogP) is 3.19. The van der Waals surface area contributed by atoms with Crippen molar-refractivity contribution in [3.63, 3.8) is 0 Å². The Morgan fingerprint density at radius 3 is 2.46 bits per heavy atom. The second kappa shape index (κ2) is 12.6. The van der Waals surface area contributed by atoms with Crippen LogP contribution >= 0.6 is 47.2 Å². The third kappa shape index (κ3) is 8.94. The van der Waals surface area contributed by atoms with Crippen molar-refractivity contribution in [1.29, 1.82) is 0 Å². The summed E-state index contributed by atoms with van der Waals surface area (Å²) in [5, 5.41) is 7.68. The average Bonchev–Trinajstić information content (AvgIpc) is 2.51. The summed E-state index contributed by atoms with van der Waals surface area (Å²) in [6.45, 7) is 1.32. The minimum Gasteiger partial charge on any atom is -0.356 e. The van der Waals surface area contributed by atoms with E-state index < -0.39 is 0 Å². The summed E-state index contributed by atoms with van der Waals surface area (Å²) in [5.41, 5.74) is 1.08. The summed E-state index contributed by atoms with van der Waals surface area (Å²) in [6, 6.07) is 5.55. The Labute approximate surface area is 171 Å². The van der Waals surface area contributed by atoms with Gasteiger partial charge < -0.3 is 15.5 Å². The number of carbonyl (C=O) groups is 1. The van der Waals surface area contributed by atoms with Gasteiger partial charge in [0.25, 0.3) is 0 Å². The molecule has 0 saturated heterocycles. The second-order valence-corrected chi connectivity index (χ2v) is 6.15. The molecule has 0 radical (unpaired) electrons. The summed E-state index contributed by atoms with van der Waals surface area (Å²) >= 11 is 12.0. The van der Waals surface area contributed by atoms with Crippen LogP contribution in [0.1, 0.15) is 18.4 Å². The third-order valence-electron chi connectivity index (χ3n) is 3.28. The maximum absolute atomic E-state index is 11.5. The first-order valence-corrected chi connectivity index (χ1v) is 8.28. The number of carbonyl (C=O) groups excluding carboxylic acids is 1. The molecule has 1 aromatic carbocycles. The molecule has 136 valence electrons. The quantitative estimate of drug-likeness (QED) is 0.269. The molecule has 0 spiro atoms. The maximum Gasteiger partial charge on any atom is 0.223 e. The Kier molecular flexibility index (Phi) is 12.2. The number of nitrogens with one attached hydrogen (secondary N) is 2. The van der Waals surface area contributed by atoms with Crippen molar-refractivity contribution in [1.82, 2.24) is 15.5 Å². The van der Waals surface area contributed by atoms with Crippen molar-refractivity contribution in [2.24, 2.45) is 4.99 Å². The topological polar surface area (TPSA) is 56.7 Å². The molecule has 0 aliphatic heterocycles. The van der Waals surface area contributed by atoms with Crippen LogP contribution in [0.4, 0.5) is 0 Å². The Morgan fingerprint density at radius 1 is 1.21 bits per heavy atom. The number of guanidine groups is 1. The summed E-state index contributed by atoms with van der Waals surface area (Å²) in [5.74, 6) is 0.782. The summed E-state index contributed by atoms with van der Waals surface area (Å²) in [7, 11) is 5.20. The summed E-state index contributed by atoms with van der Waals surface area (Å²) < 4.78 is 0. The van der Waals surface area contributed by atoms with E-state index in [0.717, 1.165) is 24.9 Å². The molecule has 0 aliphatic rings. The van der Waals surface area contributed by atoms with E-state index in [9.17, 15) is 4.79 Å². The molecular weight excluding hydrogens is 462 g/mol. The molecule has 0 heterocycles. The van der Waals surface area contributed by atoms with E-state index in [-0.39, 0.29) is 29.9 Å². The van der Waals surface area contributed by atoms with E-state index >= 15 is 0 Å². The SMILES string of the molecule is CN=C(NCCCc1ccc(Cl)cc1Cl)NCCC(=O)N(C)C.I. The van der Waals surface area contributed by atoms with Crippen LogP contribution in [-0.2, 0) is 11.2 Å². The zero-order chi connectivity index (χ0) is 17.2. The zero-order valence-corrected chi connectivity index (χ0v) is 18.1. The lowest BCUT2D eigenvalue weighted by Crippen LogP contribution is -2.39. The molecule has 5 nitrogen and oxygen atoms in total. The summed E-state index contributed by atoms with van der Waals surface area (Å²) in [4.78, 5) is 17.2. The first kappa shape index (κ1) is 23.3. The standard InChI is InChI=1S/C16H24Cl2N4O.HI/c1-19-16(21-10-8-15(23)22(2)3)20-9-4-5-12-6-7-13(17)11-14(12)18;/h6-7,11H,4-5,8-10H2,1-3H3,(H2,19,20,21);1H. The van der Waals surface area contributed by atoms with Gasteiger partial charge in [-0.2, -0.15) is 0 Å². The van der Waals surface area contributed by atoms with E-state index in [1.165, 1.54) is 0 Å². The molecule has 24 heavy (non-hydrogen) atoms. The number of rotatable bonds is 7. The van der Waals surface area contributed by atoms with E-state index in [1.54, 1.807) is 32.1 Å². The van der Waals surface area contributed by atoms with Crippen LogP contribution < -0.4 is 10.6 Å². The van der Waals surface area contributed by atoms with Gasteiger partial charge in [-0.05, 0) is 30.5 Å². The second-order valence-electron chi connectivity index (χ2n) is 5.30. The Hall–Kier alpha value is -0.730. The number of hydrogen-bond donors (Lipinski definition) is 2. The van der Waals surface area contributed by atoms with Gasteiger partial charge in [0, 0.05) is 50.7 Å². The van der Waals surface area contributed by atoms with Crippen molar-refractivity contribution >= 4 is 59.0 Å². The van der Waals surface area contributed by atoms with Crippen molar-refractivity contribution in [3.8, 4) is 0 Å². The lowest BCUT2D eigenvalue weighted by Gasteiger charge is -2.13. The van der Waals surface area contributed by atoms with E-state index in [2.05, 4.69) is 15.6 Å². The number of nitrogens with zero attached hydrogens (tertiary/aromatic N) is 2. The van der Waals surface area contributed by atoms with Gasteiger partial charge in [0.1, 0.15) is 0 Å². The van der Waals surface area contributed by atoms with Gasteiger partial charge in [0.2, 0.25) is 5.91 Å². The van der Waals surface area contributed by atoms with Crippen molar-refractivity contribution in [2.45, 2.75) is 19.3 Å². The van der Waals surface area contributed by atoms with Crippen molar-refractivity contribution in [2.75, 3.05) is 34.2 Å². The molecule has 1 amide bonds. The first-order chi connectivity index (χ1) is 10.9. The van der Waals surface area contributed by atoms with Gasteiger partial charge >= 0.3 is 0 Å². The van der Waals surface area contributed by atoms with Gasteiger partial charge in [-0.1, -0.05) is 29.3 Å². The molecule has 0 aromatic heterocycles. The lowest BCUT2D eigenvalue weighted by atomic mass is 10.1. The molecule has 2 N–H and O–H groups in total. The van der Waals surface area contributed by atoms with Gasteiger partial charge in [-0.15, -0.1) is 24.0 Å². The Bertz CT molecular complexity index is 553. The number of amides is 1. The zero-order valence-electron chi connectivity index (χ0n) is 14.2. The van der Waals surface area contributed by atoms with Crippen LogP contribution in [0.2, 0.25) is 10.0 Å². The largest absolute Gasteiger partial charge is 0.356 e. The van der Waals surface area contributed by atoms with Crippen LogP contribution in [0.25, 0.3) is 0 Å². The fraction of sp³-hybridized carbons (Fsp3) is 0.500. The van der Waals surface area contributed by atoms with Gasteiger partial charge in [0.15, 0.2) is 5.96 Å². The molecule has 0 saturated carbocycles. The van der Waals surface area contributed by atoms with Gasteiger partial charge in [0.05, 0.1) is 0 Å². The highest BCUT2D eigenvalue weighted by Gasteiger charge is 2.05. The molecular formula is C16H25Cl2IN4O. The molecule has 1 rings (SSSR count). The van der Waals surface area contributed by atoms with Gasteiger partial charge in [-0.25, -0.2) is 0 Å². The minimum absolute atomic E-state index is 0. The van der Waals surface area contributed by atoms with E-state index in [4.69, 9.17) is 23.2 Å². The molecule has 8 heteroatoms. The first-order valence-electron chi connectivity index (χ1n) is 7.52. The molecule has 0 bridgehead atoms. The van der Waals surface area contributed by atoms with Crippen LogP contribution in [0.5, 0.6) is 0 Å². The number of benzene rings is 1. The molecule has 0 fully saturated rings. The van der Waals surface area contributed by atoms with Crippen LogP contribution in [0, 0.1) is 0 Å². The maximum atomic E-state index is 11.5. The van der Waals surface area contributed by atoms with Crippen molar-refractivity contribution in [3.05, 3.63) is 33.8 Å².